The fourth-order valence-electron chi connectivity index (χ4n) is 3.25. The molecule has 1 aliphatic rings. The highest BCUT2D eigenvalue weighted by atomic mass is 127. The van der Waals surface area contributed by atoms with Gasteiger partial charge in [-0.25, -0.2) is 13.2 Å². The number of benzene rings is 3. The van der Waals surface area contributed by atoms with Crippen molar-refractivity contribution in [2.45, 2.75) is 6.17 Å². The molecule has 0 bridgehead atoms. The maximum absolute atomic E-state index is 14.8. The van der Waals surface area contributed by atoms with Crippen LogP contribution in [-0.4, -0.2) is 7.11 Å². The van der Waals surface area contributed by atoms with Crippen molar-refractivity contribution in [3.63, 3.8) is 0 Å². The Morgan fingerprint density at radius 3 is 2.41 bits per heavy atom. The second kappa shape index (κ2) is 6.95. The van der Waals surface area contributed by atoms with Gasteiger partial charge in [0, 0.05) is 9.64 Å². The normalized spacial score (nSPS) is 15.4. The summed E-state index contributed by atoms with van der Waals surface area (Å²) in [5, 5.41) is 3.15. The van der Waals surface area contributed by atoms with E-state index in [9.17, 15) is 13.2 Å². The van der Waals surface area contributed by atoms with E-state index in [1.54, 1.807) is 12.1 Å². The van der Waals surface area contributed by atoms with E-state index in [0.717, 1.165) is 11.6 Å². The van der Waals surface area contributed by atoms with Gasteiger partial charge in [0.05, 0.1) is 12.8 Å². The van der Waals surface area contributed by atoms with E-state index in [-0.39, 0.29) is 22.8 Å². The number of hydrogen-bond donors (Lipinski definition) is 1. The van der Waals surface area contributed by atoms with Gasteiger partial charge in [0.25, 0.3) is 0 Å². The van der Waals surface area contributed by atoms with Crippen LogP contribution in [0.5, 0.6) is 5.75 Å². The summed E-state index contributed by atoms with van der Waals surface area (Å²) in [4.78, 5) is 1.43. The van der Waals surface area contributed by atoms with Crippen molar-refractivity contribution in [2.24, 2.45) is 0 Å². The summed E-state index contributed by atoms with van der Waals surface area (Å²) in [6.45, 7) is 0. The van der Waals surface area contributed by atoms with Crippen LogP contribution in [0, 0.1) is 21.0 Å². The molecule has 138 valence electrons. The summed E-state index contributed by atoms with van der Waals surface area (Å²) in [6.07, 6.45) is -0.624. The van der Waals surface area contributed by atoms with Crippen molar-refractivity contribution in [3.05, 3.63) is 81.2 Å². The van der Waals surface area contributed by atoms with Gasteiger partial charge in [0.1, 0.15) is 29.1 Å². The first-order valence-corrected chi connectivity index (χ1v) is 9.21. The first-order chi connectivity index (χ1) is 13.0. The van der Waals surface area contributed by atoms with Crippen molar-refractivity contribution in [2.75, 3.05) is 17.3 Å². The van der Waals surface area contributed by atoms with E-state index in [0.29, 0.717) is 3.57 Å². The molecule has 0 saturated carbocycles. The van der Waals surface area contributed by atoms with Gasteiger partial charge in [-0.2, -0.15) is 0 Å². The van der Waals surface area contributed by atoms with Crippen LogP contribution in [0.2, 0.25) is 0 Å². The van der Waals surface area contributed by atoms with Crippen LogP contribution in [-0.2, 0) is 0 Å². The Hall–Kier alpha value is -2.42. The average molecular weight is 482 g/mol. The Labute approximate surface area is 167 Å². The summed E-state index contributed by atoms with van der Waals surface area (Å²) < 4.78 is 49.7. The van der Waals surface area contributed by atoms with Gasteiger partial charge in [0.2, 0.25) is 0 Å². The second-order valence-corrected chi connectivity index (χ2v) is 7.27. The summed E-state index contributed by atoms with van der Waals surface area (Å²) in [7, 11) is 1.38. The molecule has 0 fully saturated rings. The lowest BCUT2D eigenvalue weighted by Gasteiger charge is -2.28. The molecule has 1 N–H and O–H groups in total. The molecule has 0 radical (unpaired) electrons. The van der Waals surface area contributed by atoms with Crippen molar-refractivity contribution < 1.29 is 17.9 Å². The highest BCUT2D eigenvalue weighted by Gasteiger charge is 2.38. The fourth-order valence-corrected chi connectivity index (χ4v) is 3.70. The predicted molar refractivity (Wildman–Crippen MR) is 107 cm³/mol. The third-order valence-corrected chi connectivity index (χ3v) is 5.11. The zero-order chi connectivity index (χ0) is 19.1. The van der Waals surface area contributed by atoms with Crippen molar-refractivity contribution in [3.8, 4) is 5.75 Å². The van der Waals surface area contributed by atoms with Crippen molar-refractivity contribution in [1.29, 1.82) is 0 Å². The van der Waals surface area contributed by atoms with Crippen molar-refractivity contribution in [1.82, 2.24) is 0 Å². The average Bonchev–Trinajstić information content (AvgIpc) is 3.06. The quantitative estimate of drug-likeness (QED) is 0.465. The number of rotatable bonds is 3. The van der Waals surface area contributed by atoms with Crippen LogP contribution < -0.4 is 15.0 Å². The Morgan fingerprint density at radius 2 is 1.74 bits per heavy atom. The SMILES string of the molecule is COc1cc(F)c(F)c2c1NC(c1ccccc1)N2c1ccc(I)cc1F. The molecule has 0 aliphatic carbocycles. The van der Waals surface area contributed by atoms with Crippen LogP contribution in [0.1, 0.15) is 11.7 Å². The maximum atomic E-state index is 14.8. The largest absolute Gasteiger partial charge is 0.494 e. The Bertz CT molecular complexity index is 1010. The highest BCUT2D eigenvalue weighted by Crippen LogP contribution is 2.52. The van der Waals surface area contributed by atoms with E-state index < -0.39 is 23.6 Å². The molecule has 4 rings (SSSR count). The topological polar surface area (TPSA) is 24.5 Å². The van der Waals surface area contributed by atoms with Crippen LogP contribution >= 0.6 is 22.6 Å². The second-order valence-electron chi connectivity index (χ2n) is 6.02. The molecular formula is C20H14F3IN2O. The van der Waals surface area contributed by atoms with Crippen LogP contribution in [0.4, 0.5) is 30.2 Å². The standard InChI is InChI=1S/C20H14F3IN2O/c1-27-16-10-14(22)17(23)19-18(16)25-20(11-5-3-2-4-6-11)26(19)15-8-7-12(24)9-13(15)21/h2-10,20,25H,1H3. The lowest BCUT2D eigenvalue weighted by atomic mass is 10.1. The molecule has 27 heavy (non-hydrogen) atoms. The van der Waals surface area contributed by atoms with Gasteiger partial charge in [0.15, 0.2) is 11.6 Å². The molecule has 7 heteroatoms. The summed E-state index contributed by atoms with van der Waals surface area (Å²) >= 11 is 2.00. The van der Waals surface area contributed by atoms with Crippen LogP contribution in [0.15, 0.2) is 54.6 Å². The number of nitrogens with one attached hydrogen (secondary N) is 1. The van der Waals surface area contributed by atoms with Gasteiger partial charge in [-0.1, -0.05) is 30.3 Å². The van der Waals surface area contributed by atoms with E-state index in [2.05, 4.69) is 5.32 Å². The molecule has 3 aromatic rings. The number of fused-ring (bicyclic) bond motifs is 1. The zero-order valence-electron chi connectivity index (χ0n) is 14.1. The van der Waals surface area contributed by atoms with Gasteiger partial charge in [-0.3, -0.25) is 0 Å². The van der Waals surface area contributed by atoms with Gasteiger partial charge < -0.3 is 15.0 Å². The molecule has 0 spiro atoms. The van der Waals surface area contributed by atoms with Gasteiger partial charge in [-0.15, -0.1) is 0 Å². The molecule has 1 aliphatic heterocycles. The summed E-state index contributed by atoms with van der Waals surface area (Å²) in [5.74, 6) is -2.50. The lowest BCUT2D eigenvalue weighted by molar-refractivity contribution is 0.409. The highest BCUT2D eigenvalue weighted by molar-refractivity contribution is 14.1. The molecule has 3 aromatic carbocycles. The van der Waals surface area contributed by atoms with Gasteiger partial charge in [-0.05, 0) is 46.4 Å². The van der Waals surface area contributed by atoms with E-state index >= 15 is 0 Å². The Balaban J connectivity index is 1.98. The molecule has 0 amide bonds. The third-order valence-electron chi connectivity index (χ3n) is 4.44. The molecule has 1 heterocycles. The number of methoxy groups -OCH3 is 1. The molecule has 0 saturated heterocycles. The van der Waals surface area contributed by atoms with E-state index in [1.807, 2.05) is 52.9 Å². The Morgan fingerprint density at radius 1 is 1.00 bits per heavy atom. The minimum Gasteiger partial charge on any atom is -0.494 e. The van der Waals surface area contributed by atoms with E-state index in [4.69, 9.17) is 4.74 Å². The smallest absolute Gasteiger partial charge is 0.184 e. The zero-order valence-corrected chi connectivity index (χ0v) is 16.3. The van der Waals surface area contributed by atoms with Crippen LogP contribution in [0.25, 0.3) is 0 Å². The van der Waals surface area contributed by atoms with Crippen LogP contribution in [0.3, 0.4) is 0 Å². The number of nitrogens with zero attached hydrogens (tertiary/aromatic N) is 1. The maximum Gasteiger partial charge on any atom is 0.184 e. The molecular weight excluding hydrogens is 468 g/mol. The third kappa shape index (κ3) is 2.99. The first-order valence-electron chi connectivity index (χ1n) is 8.13. The van der Waals surface area contributed by atoms with E-state index in [1.165, 1.54) is 18.1 Å². The minimum atomic E-state index is -1.06. The fraction of sp³-hybridized carbons (Fsp3) is 0.100. The number of anilines is 3. The van der Waals surface area contributed by atoms with Gasteiger partial charge >= 0.3 is 0 Å². The predicted octanol–water partition coefficient (Wildman–Crippen LogP) is 5.98. The first kappa shape index (κ1) is 18.0. The lowest BCUT2D eigenvalue weighted by Crippen LogP contribution is -2.24. The monoisotopic (exact) mass is 482 g/mol. The molecule has 0 aromatic heterocycles. The Kier molecular flexibility index (Phi) is 4.63. The minimum absolute atomic E-state index is 0.0826. The molecule has 3 nitrogen and oxygen atoms in total. The summed E-state index contributed by atoms with van der Waals surface area (Å²) in [5.41, 5.74) is 1.11. The summed E-state index contributed by atoms with van der Waals surface area (Å²) in [6, 6.07) is 14.8. The number of hydrogen-bond acceptors (Lipinski definition) is 3. The molecule has 1 atom stereocenters. The number of halogens is 4. The molecule has 1 unspecified atom stereocenters. The number of ether oxygens (including phenoxy) is 1. The van der Waals surface area contributed by atoms with Crippen molar-refractivity contribution >= 4 is 39.7 Å².